The third-order valence-electron chi connectivity index (χ3n) is 6.10. The van der Waals surface area contributed by atoms with E-state index in [2.05, 4.69) is 27.6 Å². The van der Waals surface area contributed by atoms with Gasteiger partial charge in [0.05, 0.1) is 14.8 Å². The Hall–Kier alpha value is -2.65. The molecule has 0 saturated carbocycles. The number of ether oxygens (including phenoxy) is 1. The molecular formula is C27H23IN2O3S. The fourth-order valence-electron chi connectivity index (χ4n) is 4.47. The second kappa shape index (κ2) is 9.19. The topological polar surface area (TPSA) is 59.5 Å². The van der Waals surface area contributed by atoms with E-state index in [-0.39, 0.29) is 11.3 Å². The van der Waals surface area contributed by atoms with Crippen molar-refractivity contribution in [3.05, 3.63) is 107 Å². The van der Waals surface area contributed by atoms with Crippen LogP contribution in [-0.2, 0) is 14.3 Å². The molecule has 0 bridgehead atoms. The van der Waals surface area contributed by atoms with Crippen molar-refractivity contribution in [2.24, 2.45) is 0 Å². The van der Waals surface area contributed by atoms with E-state index in [1.165, 1.54) is 0 Å². The van der Waals surface area contributed by atoms with Crippen LogP contribution in [0.4, 0.5) is 0 Å². The SMILES string of the molecule is CC1(C)SC2/C(=C(/I)c3ccccn3)C(=O)N2[C@H]1C(=O)OC(c1ccccc1)c1ccccc1. The molecule has 5 nitrogen and oxygen atoms in total. The molecular weight excluding hydrogens is 559 g/mol. The van der Waals surface area contributed by atoms with Crippen molar-refractivity contribution in [1.82, 2.24) is 9.88 Å². The van der Waals surface area contributed by atoms with Crippen LogP contribution in [0.5, 0.6) is 0 Å². The maximum atomic E-state index is 13.6. The summed E-state index contributed by atoms with van der Waals surface area (Å²) in [5.41, 5.74) is 3.25. The number of carbonyl (C=O) groups is 2. The highest BCUT2D eigenvalue weighted by atomic mass is 127. The second-order valence-electron chi connectivity index (χ2n) is 8.77. The molecule has 7 heteroatoms. The van der Waals surface area contributed by atoms with E-state index in [0.29, 0.717) is 5.57 Å². The third kappa shape index (κ3) is 4.05. The highest BCUT2D eigenvalue weighted by molar-refractivity contribution is 14.1. The molecule has 2 aliphatic rings. The molecule has 34 heavy (non-hydrogen) atoms. The Morgan fingerprint density at radius 3 is 2.15 bits per heavy atom. The number of β-lactam (4-membered cyclic amide) rings is 1. The fourth-order valence-corrected chi connectivity index (χ4v) is 7.11. The van der Waals surface area contributed by atoms with Crippen LogP contribution in [0.25, 0.3) is 3.58 Å². The van der Waals surface area contributed by atoms with Crippen LogP contribution in [-0.4, -0.2) is 37.9 Å². The average Bonchev–Trinajstić information content (AvgIpc) is 3.11. The van der Waals surface area contributed by atoms with Gasteiger partial charge in [-0.3, -0.25) is 9.78 Å². The number of fused-ring (bicyclic) bond motifs is 1. The fraction of sp³-hybridized carbons (Fsp3) is 0.222. The highest BCUT2D eigenvalue weighted by Gasteiger charge is 2.62. The number of benzene rings is 2. The molecule has 0 N–H and O–H groups in total. The number of amides is 1. The molecule has 0 aliphatic carbocycles. The van der Waals surface area contributed by atoms with Gasteiger partial charge in [0, 0.05) is 10.9 Å². The van der Waals surface area contributed by atoms with E-state index in [4.69, 9.17) is 4.74 Å². The summed E-state index contributed by atoms with van der Waals surface area (Å²) in [4.78, 5) is 33.0. The number of carbonyl (C=O) groups excluding carboxylic acids is 2. The molecule has 172 valence electrons. The molecule has 1 amide bonds. The summed E-state index contributed by atoms with van der Waals surface area (Å²) >= 11 is 3.81. The van der Waals surface area contributed by atoms with Gasteiger partial charge in [0.25, 0.3) is 5.91 Å². The van der Waals surface area contributed by atoms with Gasteiger partial charge < -0.3 is 9.64 Å². The van der Waals surface area contributed by atoms with Crippen LogP contribution in [0.1, 0.15) is 36.8 Å². The van der Waals surface area contributed by atoms with Crippen LogP contribution in [0.15, 0.2) is 90.6 Å². The number of halogens is 1. The van der Waals surface area contributed by atoms with Crippen LogP contribution in [0, 0.1) is 0 Å². The van der Waals surface area contributed by atoms with Gasteiger partial charge in [-0.1, -0.05) is 66.7 Å². The second-order valence-corrected chi connectivity index (χ2v) is 11.6. The maximum absolute atomic E-state index is 13.6. The van der Waals surface area contributed by atoms with Crippen molar-refractivity contribution in [2.75, 3.05) is 0 Å². The van der Waals surface area contributed by atoms with Crippen molar-refractivity contribution >= 4 is 49.8 Å². The molecule has 2 aliphatic heterocycles. The predicted molar refractivity (Wildman–Crippen MR) is 142 cm³/mol. The standard InChI is InChI=1S/C27H23IN2O3S/c1-27(2)23(30-24(31)20(25(30)34-27)21(28)19-15-9-10-16-29-19)26(32)33-22(17-11-5-3-6-12-17)18-13-7-4-8-14-18/h3-16,22-23,25H,1-2H3/b21-20+/t23-,25?/m0/s1. The van der Waals surface area contributed by atoms with E-state index in [9.17, 15) is 9.59 Å². The van der Waals surface area contributed by atoms with Crippen molar-refractivity contribution in [3.8, 4) is 0 Å². The van der Waals surface area contributed by atoms with E-state index in [0.717, 1.165) is 20.4 Å². The lowest BCUT2D eigenvalue weighted by Gasteiger charge is -2.40. The Morgan fingerprint density at radius 2 is 1.59 bits per heavy atom. The Bertz CT molecular complexity index is 1210. The summed E-state index contributed by atoms with van der Waals surface area (Å²) in [6.45, 7) is 4.00. The number of hydrogen-bond acceptors (Lipinski definition) is 5. The zero-order valence-electron chi connectivity index (χ0n) is 18.7. The van der Waals surface area contributed by atoms with Crippen molar-refractivity contribution in [3.63, 3.8) is 0 Å². The van der Waals surface area contributed by atoms with Gasteiger partial charge in [-0.25, -0.2) is 4.79 Å². The number of rotatable bonds is 5. The first-order chi connectivity index (χ1) is 16.4. The molecule has 2 fully saturated rings. The lowest BCUT2D eigenvalue weighted by Crippen LogP contribution is -2.59. The van der Waals surface area contributed by atoms with Crippen molar-refractivity contribution in [2.45, 2.75) is 36.1 Å². The summed E-state index contributed by atoms with van der Waals surface area (Å²) in [7, 11) is 0. The monoisotopic (exact) mass is 582 g/mol. The highest BCUT2D eigenvalue weighted by Crippen LogP contribution is 2.55. The van der Waals surface area contributed by atoms with Crippen LogP contribution in [0.3, 0.4) is 0 Å². The van der Waals surface area contributed by atoms with Gasteiger partial charge in [-0.05, 0) is 59.7 Å². The first-order valence-corrected chi connectivity index (χ1v) is 13.0. The minimum Gasteiger partial charge on any atom is -0.451 e. The van der Waals surface area contributed by atoms with E-state index >= 15 is 0 Å². The summed E-state index contributed by atoms with van der Waals surface area (Å²) in [5.74, 6) is -0.519. The van der Waals surface area contributed by atoms with Crippen molar-refractivity contribution in [1.29, 1.82) is 0 Å². The van der Waals surface area contributed by atoms with Crippen LogP contribution < -0.4 is 0 Å². The predicted octanol–water partition coefficient (Wildman–Crippen LogP) is 5.62. The number of pyridine rings is 1. The molecule has 2 aromatic carbocycles. The quantitative estimate of drug-likeness (QED) is 0.169. The van der Waals surface area contributed by atoms with E-state index in [1.54, 1.807) is 22.9 Å². The Labute approximate surface area is 216 Å². The van der Waals surface area contributed by atoms with Gasteiger partial charge in [0.1, 0.15) is 11.4 Å². The zero-order chi connectivity index (χ0) is 23.9. The van der Waals surface area contributed by atoms with E-state index < -0.39 is 22.9 Å². The molecule has 2 atom stereocenters. The van der Waals surface area contributed by atoms with Gasteiger partial charge in [0.2, 0.25) is 0 Å². The molecule has 3 heterocycles. The lowest BCUT2D eigenvalue weighted by atomic mass is 9.94. The van der Waals surface area contributed by atoms with Crippen LogP contribution >= 0.6 is 34.4 Å². The molecule has 0 spiro atoms. The molecule has 0 radical (unpaired) electrons. The number of esters is 1. The maximum Gasteiger partial charge on any atom is 0.331 e. The molecule has 3 aromatic rings. The minimum atomic E-state index is -0.679. The molecule has 5 rings (SSSR count). The zero-order valence-corrected chi connectivity index (χ0v) is 21.7. The number of thioether (sulfide) groups is 1. The Morgan fingerprint density at radius 1 is 1.00 bits per heavy atom. The van der Waals surface area contributed by atoms with E-state index in [1.807, 2.05) is 92.7 Å². The number of nitrogens with zero attached hydrogens (tertiary/aromatic N) is 2. The lowest BCUT2D eigenvalue weighted by molar-refractivity contribution is -0.160. The summed E-state index contributed by atoms with van der Waals surface area (Å²) < 4.78 is 6.47. The Balaban J connectivity index is 1.45. The summed E-state index contributed by atoms with van der Waals surface area (Å²) in [5, 5.41) is -0.194. The summed E-state index contributed by atoms with van der Waals surface area (Å²) in [6, 6.07) is 24.4. The first kappa shape index (κ1) is 23.1. The average molecular weight is 582 g/mol. The summed E-state index contributed by atoms with van der Waals surface area (Å²) in [6.07, 6.45) is 1.17. The smallest absolute Gasteiger partial charge is 0.331 e. The first-order valence-electron chi connectivity index (χ1n) is 11.0. The normalized spacial score (nSPS) is 22.2. The number of hydrogen-bond donors (Lipinski definition) is 0. The van der Waals surface area contributed by atoms with Crippen LogP contribution in [0.2, 0.25) is 0 Å². The van der Waals surface area contributed by atoms with Crippen molar-refractivity contribution < 1.29 is 14.3 Å². The van der Waals surface area contributed by atoms with Gasteiger partial charge >= 0.3 is 5.97 Å². The molecule has 2 saturated heterocycles. The number of aromatic nitrogens is 1. The van der Waals surface area contributed by atoms with Gasteiger partial charge in [0.15, 0.2) is 6.10 Å². The largest absolute Gasteiger partial charge is 0.451 e. The Kier molecular flexibility index (Phi) is 6.24. The molecule has 1 aromatic heterocycles. The third-order valence-corrected chi connectivity index (χ3v) is 8.76. The van der Waals surface area contributed by atoms with Gasteiger partial charge in [-0.15, -0.1) is 11.8 Å². The molecule has 1 unspecified atom stereocenters. The minimum absolute atomic E-state index is 0.129. The van der Waals surface area contributed by atoms with Gasteiger partial charge in [-0.2, -0.15) is 0 Å².